The van der Waals surface area contributed by atoms with Gasteiger partial charge < -0.3 is 24.8 Å². The molecule has 3 rings (SSSR count). The number of fused-ring (bicyclic) bond motifs is 1. The summed E-state index contributed by atoms with van der Waals surface area (Å²) in [6.45, 7) is 9.42. The van der Waals surface area contributed by atoms with Crippen molar-refractivity contribution in [2.24, 2.45) is 0 Å². The van der Waals surface area contributed by atoms with E-state index in [0.717, 1.165) is 3.67 Å². The predicted octanol–water partition coefficient (Wildman–Crippen LogP) is 3.05. The van der Waals surface area contributed by atoms with Gasteiger partial charge in [-0.25, -0.2) is 0 Å². The van der Waals surface area contributed by atoms with Crippen LogP contribution in [-0.2, 0) is 22.9 Å². The van der Waals surface area contributed by atoms with E-state index in [1.165, 1.54) is 63.7 Å². The van der Waals surface area contributed by atoms with Crippen molar-refractivity contribution >= 4 is 14.0 Å². The van der Waals surface area contributed by atoms with Gasteiger partial charge in [0.25, 0.3) is 0 Å². The minimum Gasteiger partial charge on any atom is -1.00 e. The molecular formula is C27H39Cl2HfP. The summed E-state index contributed by atoms with van der Waals surface area (Å²) < 4.78 is 2.77. The Hall–Kier alpha value is 0.320. The maximum Gasteiger partial charge on any atom is -1.00 e. The molecule has 0 saturated heterocycles. The van der Waals surface area contributed by atoms with Gasteiger partial charge in [0.05, 0.1) is 0 Å². The number of unbranched alkanes of at least 4 members (excludes halogenated alkanes) is 3. The van der Waals surface area contributed by atoms with Crippen molar-refractivity contribution in [3.63, 3.8) is 0 Å². The van der Waals surface area contributed by atoms with Crippen LogP contribution in [0.2, 0.25) is 0 Å². The molecule has 0 aromatic heterocycles. The van der Waals surface area contributed by atoms with Gasteiger partial charge in [-0.3, -0.25) is 0 Å². The van der Waals surface area contributed by atoms with Gasteiger partial charge in [0, 0.05) is 0 Å². The molecule has 31 heavy (non-hydrogen) atoms. The summed E-state index contributed by atoms with van der Waals surface area (Å²) in [6, 6.07) is 9.38. The minimum atomic E-state index is -0.941. The van der Waals surface area contributed by atoms with Crippen LogP contribution in [0.25, 0.3) is 6.08 Å². The third kappa shape index (κ3) is 7.67. The van der Waals surface area contributed by atoms with E-state index >= 15 is 0 Å². The zero-order chi connectivity index (χ0) is 20.6. The molecule has 0 amide bonds. The minimum absolute atomic E-state index is 0. The van der Waals surface area contributed by atoms with E-state index in [1.54, 1.807) is 22.3 Å². The topological polar surface area (TPSA) is 0 Å². The monoisotopic (exact) mass is 644 g/mol. The zero-order valence-corrected chi connectivity index (χ0v) is 25.8. The number of allylic oxidation sites excluding steroid dienone is 5. The predicted molar refractivity (Wildman–Crippen MR) is 129 cm³/mol. The number of rotatable bonds is 12. The Balaban J connectivity index is 0.00000240. The van der Waals surface area contributed by atoms with Gasteiger partial charge in [-0.1, -0.05) is 0 Å². The van der Waals surface area contributed by atoms with Crippen LogP contribution in [0.1, 0.15) is 93.9 Å². The van der Waals surface area contributed by atoms with Crippen LogP contribution in [0.15, 0.2) is 50.1 Å². The van der Waals surface area contributed by atoms with E-state index in [2.05, 4.69) is 64.1 Å². The molecule has 0 spiro atoms. The Bertz CT molecular complexity index is 773. The first-order valence-electron chi connectivity index (χ1n) is 11.9. The van der Waals surface area contributed by atoms with Crippen LogP contribution in [-0.4, -0.2) is 12.3 Å². The molecule has 1 atom stereocenters. The Kier molecular flexibility index (Phi) is 14.5. The third-order valence-corrected chi connectivity index (χ3v) is 16.4. The van der Waals surface area contributed by atoms with Crippen molar-refractivity contribution < 1.29 is 47.7 Å². The Morgan fingerprint density at radius 2 is 1.58 bits per heavy atom. The largest absolute Gasteiger partial charge is 1.00 e. The van der Waals surface area contributed by atoms with Gasteiger partial charge in [-0.05, 0) is 0 Å². The normalized spacial score (nSPS) is 17.0. The molecule has 0 bridgehead atoms. The van der Waals surface area contributed by atoms with E-state index in [0.29, 0.717) is 0 Å². The van der Waals surface area contributed by atoms with Crippen LogP contribution in [0.3, 0.4) is 0 Å². The van der Waals surface area contributed by atoms with Gasteiger partial charge in [-0.15, -0.1) is 0 Å². The molecule has 0 aliphatic heterocycles. The number of hydrogen-bond donors (Lipinski definition) is 0. The molecule has 170 valence electrons. The SMILES string of the molecule is CCCCC1=[C]([Hf+2][CH]2C(P(CCCC)CCCC)=Cc3ccccc32)CC=C1C.[Cl-].[Cl-]. The van der Waals surface area contributed by atoms with Crippen LogP contribution in [0, 0.1) is 0 Å². The first-order chi connectivity index (χ1) is 14.2. The molecule has 2 aliphatic rings. The summed E-state index contributed by atoms with van der Waals surface area (Å²) in [5, 5.41) is 1.90. The third-order valence-electron chi connectivity index (χ3n) is 6.39. The molecule has 0 nitrogen and oxygen atoms in total. The van der Waals surface area contributed by atoms with Crippen molar-refractivity contribution in [1.29, 1.82) is 0 Å². The molecular weight excluding hydrogens is 605 g/mol. The van der Waals surface area contributed by atoms with E-state index in [1.807, 2.05) is 8.64 Å². The quantitative estimate of drug-likeness (QED) is 0.243. The van der Waals surface area contributed by atoms with Crippen molar-refractivity contribution in [2.75, 3.05) is 12.3 Å². The Labute approximate surface area is 216 Å². The van der Waals surface area contributed by atoms with Crippen molar-refractivity contribution in [1.82, 2.24) is 0 Å². The molecule has 4 heteroatoms. The molecule has 1 unspecified atom stereocenters. The standard InChI is InChI=1S/C17H24P.C10H15.2ClH.Hf/c1-3-5-11-18(12-6-4-2)17-13-15-9-7-8-10-16(15)14-17;1-3-4-7-10-8-5-6-9(10)2;;;/h7-10,13-14H,3-6,11-12H2,1-2H3;6H,3-5,7H2,1-2H3;2*1H;/q;;;;+2/p-2. The maximum absolute atomic E-state index is 2.66. The average Bonchev–Trinajstić information content (AvgIpc) is 3.27. The fourth-order valence-corrected chi connectivity index (χ4v) is 16.2. The van der Waals surface area contributed by atoms with Crippen molar-refractivity contribution in [3.05, 3.63) is 61.3 Å². The first-order valence-corrected chi connectivity index (χ1v) is 17.5. The van der Waals surface area contributed by atoms with Gasteiger partial charge in [0.2, 0.25) is 0 Å². The maximum atomic E-state index is 2.66. The van der Waals surface area contributed by atoms with Gasteiger partial charge in [-0.2, -0.15) is 0 Å². The second-order valence-corrected chi connectivity index (χ2v) is 16.4. The summed E-state index contributed by atoms with van der Waals surface area (Å²) in [4.78, 5) is 0. The van der Waals surface area contributed by atoms with E-state index in [9.17, 15) is 0 Å². The van der Waals surface area contributed by atoms with E-state index in [-0.39, 0.29) is 32.7 Å². The average molecular weight is 644 g/mol. The van der Waals surface area contributed by atoms with Crippen LogP contribution in [0.4, 0.5) is 0 Å². The molecule has 0 radical (unpaired) electrons. The second kappa shape index (κ2) is 15.3. The molecule has 1 aromatic rings. The molecule has 0 N–H and O–H groups in total. The number of benzene rings is 1. The Morgan fingerprint density at radius 1 is 0.935 bits per heavy atom. The van der Waals surface area contributed by atoms with Gasteiger partial charge in [0.1, 0.15) is 0 Å². The molecule has 0 saturated carbocycles. The number of halogens is 2. The van der Waals surface area contributed by atoms with Crippen LogP contribution < -0.4 is 24.8 Å². The smallest absolute Gasteiger partial charge is 1.00 e. The molecule has 1 aromatic carbocycles. The summed E-state index contributed by atoms with van der Waals surface area (Å²) >= 11 is -0.941. The zero-order valence-electron chi connectivity index (χ0n) is 19.8. The van der Waals surface area contributed by atoms with E-state index in [4.69, 9.17) is 0 Å². The summed E-state index contributed by atoms with van der Waals surface area (Å²) in [6.07, 6.45) is 18.9. The van der Waals surface area contributed by atoms with Crippen LogP contribution >= 0.6 is 7.92 Å². The van der Waals surface area contributed by atoms with Crippen molar-refractivity contribution in [3.8, 4) is 0 Å². The van der Waals surface area contributed by atoms with Gasteiger partial charge in [0.15, 0.2) is 0 Å². The van der Waals surface area contributed by atoms with Crippen molar-refractivity contribution in [2.45, 2.75) is 82.7 Å². The molecule has 0 fully saturated rings. The fraction of sp³-hybridized carbons (Fsp3) is 0.556. The second-order valence-electron chi connectivity index (χ2n) is 8.62. The van der Waals surface area contributed by atoms with Crippen LogP contribution in [0.5, 0.6) is 0 Å². The summed E-state index contributed by atoms with van der Waals surface area (Å²) in [7, 11) is 0.0544. The Morgan fingerprint density at radius 3 is 2.23 bits per heavy atom. The first kappa shape index (κ1) is 29.4. The number of hydrogen-bond acceptors (Lipinski definition) is 0. The van der Waals surface area contributed by atoms with E-state index < -0.39 is 22.9 Å². The summed E-state index contributed by atoms with van der Waals surface area (Å²) in [5.41, 5.74) is 6.64. The van der Waals surface area contributed by atoms with Gasteiger partial charge >= 0.3 is 193 Å². The summed E-state index contributed by atoms with van der Waals surface area (Å²) in [5.74, 6) is 0. The molecule has 0 heterocycles. The fourth-order valence-electron chi connectivity index (χ4n) is 4.56. The molecule has 2 aliphatic carbocycles.